The molecule has 146 valence electrons. The Balaban J connectivity index is 1.40. The number of likely N-dealkylation sites (tertiary alicyclic amines) is 1. The van der Waals surface area contributed by atoms with Gasteiger partial charge in [0, 0.05) is 36.9 Å². The number of hydrogen-bond acceptors (Lipinski definition) is 4. The van der Waals surface area contributed by atoms with Gasteiger partial charge in [0.25, 0.3) is 0 Å². The van der Waals surface area contributed by atoms with Crippen LogP contribution >= 0.6 is 11.6 Å². The molecule has 2 heterocycles. The highest BCUT2D eigenvalue weighted by Crippen LogP contribution is 2.27. The molecule has 0 bridgehead atoms. The van der Waals surface area contributed by atoms with Crippen LogP contribution in [0.25, 0.3) is 0 Å². The van der Waals surface area contributed by atoms with Crippen molar-refractivity contribution >= 4 is 29.1 Å². The zero-order valence-electron chi connectivity index (χ0n) is 16.0. The molecule has 0 unspecified atom stereocenters. The van der Waals surface area contributed by atoms with Gasteiger partial charge < -0.3 is 4.90 Å². The Labute approximate surface area is 170 Å². The third-order valence-electron chi connectivity index (χ3n) is 5.67. The van der Waals surface area contributed by atoms with Crippen LogP contribution in [0.2, 0.25) is 5.02 Å². The van der Waals surface area contributed by atoms with E-state index in [1.54, 1.807) is 0 Å². The number of carbonyl (C=O) groups excluding carboxylic acids is 2. The van der Waals surface area contributed by atoms with Gasteiger partial charge in [-0.1, -0.05) is 48.0 Å². The molecule has 0 spiro atoms. The minimum Gasteiger partial charge on any atom is -0.369 e. The number of aryl methyl sites for hydroxylation is 1. The topological polar surface area (TPSA) is 43.9 Å². The monoisotopic (exact) mass is 397 g/mol. The van der Waals surface area contributed by atoms with Crippen molar-refractivity contribution in [2.45, 2.75) is 25.9 Å². The largest absolute Gasteiger partial charge is 0.369 e. The summed E-state index contributed by atoms with van der Waals surface area (Å²) in [6, 6.07) is 15.3. The average Bonchev–Trinajstić information content (AvgIpc) is 2.99. The third kappa shape index (κ3) is 3.77. The maximum absolute atomic E-state index is 12.9. The lowest BCUT2D eigenvalue weighted by Crippen LogP contribution is -2.52. The Morgan fingerprint density at radius 3 is 2.43 bits per heavy atom. The summed E-state index contributed by atoms with van der Waals surface area (Å²) >= 11 is 6.16. The minimum absolute atomic E-state index is 0.0683. The summed E-state index contributed by atoms with van der Waals surface area (Å²) in [7, 11) is 0. The lowest BCUT2D eigenvalue weighted by molar-refractivity contribution is -0.140. The van der Waals surface area contributed by atoms with Crippen LogP contribution in [-0.2, 0) is 16.1 Å². The highest BCUT2D eigenvalue weighted by molar-refractivity contribution is 6.30. The molecular weight excluding hydrogens is 374 g/mol. The molecule has 2 aromatic rings. The summed E-state index contributed by atoms with van der Waals surface area (Å²) in [5.41, 5.74) is 3.32. The first kappa shape index (κ1) is 19.0. The van der Waals surface area contributed by atoms with Gasteiger partial charge in [-0.3, -0.25) is 19.4 Å². The molecule has 2 aliphatic rings. The van der Waals surface area contributed by atoms with Crippen molar-refractivity contribution in [3.63, 3.8) is 0 Å². The number of hydrogen-bond donors (Lipinski definition) is 0. The average molecular weight is 398 g/mol. The molecular formula is C22H24ClN3O2. The molecule has 2 fully saturated rings. The van der Waals surface area contributed by atoms with Crippen molar-refractivity contribution in [2.75, 3.05) is 31.1 Å². The number of imide groups is 1. The highest BCUT2D eigenvalue weighted by Gasteiger charge is 2.42. The number of amides is 2. The molecule has 0 aliphatic carbocycles. The fourth-order valence-corrected chi connectivity index (χ4v) is 4.25. The van der Waals surface area contributed by atoms with E-state index in [1.165, 1.54) is 10.5 Å². The number of rotatable bonds is 4. The zero-order valence-corrected chi connectivity index (χ0v) is 16.7. The minimum atomic E-state index is -0.334. The number of carbonyl (C=O) groups is 2. The van der Waals surface area contributed by atoms with Gasteiger partial charge in [0.2, 0.25) is 11.8 Å². The van der Waals surface area contributed by atoms with Crippen LogP contribution in [0.5, 0.6) is 0 Å². The first-order valence-electron chi connectivity index (χ1n) is 9.66. The van der Waals surface area contributed by atoms with E-state index < -0.39 is 0 Å². The van der Waals surface area contributed by atoms with Crippen LogP contribution in [0, 0.1) is 6.92 Å². The Bertz CT molecular complexity index is 879. The van der Waals surface area contributed by atoms with Gasteiger partial charge in [-0.25, -0.2) is 0 Å². The Kier molecular flexibility index (Phi) is 5.38. The summed E-state index contributed by atoms with van der Waals surface area (Å²) in [6.45, 7) is 5.59. The van der Waals surface area contributed by atoms with Crippen molar-refractivity contribution in [2.24, 2.45) is 0 Å². The Hall–Kier alpha value is -2.37. The molecule has 4 rings (SSSR count). The van der Waals surface area contributed by atoms with Gasteiger partial charge in [0.15, 0.2) is 0 Å². The van der Waals surface area contributed by atoms with E-state index in [9.17, 15) is 9.59 Å². The van der Waals surface area contributed by atoms with Gasteiger partial charge in [-0.05, 0) is 30.2 Å². The SMILES string of the molecule is Cc1ccc(Cl)cc1N1CCN([C@@H]2CC(=O)N(Cc3ccccc3)C2=O)CC1. The van der Waals surface area contributed by atoms with Crippen LogP contribution in [0.1, 0.15) is 17.5 Å². The Morgan fingerprint density at radius 1 is 1.00 bits per heavy atom. The molecule has 2 aliphatic heterocycles. The second kappa shape index (κ2) is 7.94. The number of halogens is 1. The van der Waals surface area contributed by atoms with Gasteiger partial charge in [0.05, 0.1) is 19.0 Å². The molecule has 0 N–H and O–H groups in total. The number of nitrogens with zero attached hydrogens (tertiary/aromatic N) is 3. The highest BCUT2D eigenvalue weighted by atomic mass is 35.5. The third-order valence-corrected chi connectivity index (χ3v) is 5.91. The predicted molar refractivity (Wildman–Crippen MR) is 110 cm³/mol. The number of piperazine rings is 1. The smallest absolute Gasteiger partial charge is 0.247 e. The lowest BCUT2D eigenvalue weighted by atomic mass is 10.1. The second-order valence-electron chi connectivity index (χ2n) is 7.48. The molecule has 5 nitrogen and oxygen atoms in total. The summed E-state index contributed by atoms with van der Waals surface area (Å²) in [5.74, 6) is -0.145. The van der Waals surface area contributed by atoms with Crippen molar-refractivity contribution in [3.8, 4) is 0 Å². The first-order valence-corrected chi connectivity index (χ1v) is 10.0. The number of anilines is 1. The fraction of sp³-hybridized carbons (Fsp3) is 0.364. The van der Waals surface area contributed by atoms with E-state index in [0.717, 1.165) is 42.5 Å². The van der Waals surface area contributed by atoms with Gasteiger partial charge in [-0.15, -0.1) is 0 Å². The maximum atomic E-state index is 12.9. The van der Waals surface area contributed by atoms with Crippen LogP contribution in [0.15, 0.2) is 48.5 Å². The molecule has 0 radical (unpaired) electrons. The van der Waals surface area contributed by atoms with Crippen molar-refractivity contribution in [3.05, 3.63) is 64.7 Å². The van der Waals surface area contributed by atoms with E-state index in [1.807, 2.05) is 48.5 Å². The molecule has 2 amide bonds. The zero-order chi connectivity index (χ0) is 19.7. The van der Waals surface area contributed by atoms with Crippen molar-refractivity contribution in [1.29, 1.82) is 0 Å². The molecule has 28 heavy (non-hydrogen) atoms. The van der Waals surface area contributed by atoms with Crippen LogP contribution in [0.4, 0.5) is 5.69 Å². The Morgan fingerprint density at radius 2 is 1.71 bits per heavy atom. The maximum Gasteiger partial charge on any atom is 0.247 e. The normalized spacial score (nSPS) is 20.9. The van der Waals surface area contributed by atoms with Crippen LogP contribution in [0.3, 0.4) is 0 Å². The molecule has 1 atom stereocenters. The van der Waals surface area contributed by atoms with Crippen molar-refractivity contribution in [1.82, 2.24) is 9.80 Å². The quantitative estimate of drug-likeness (QED) is 0.743. The lowest BCUT2D eigenvalue weighted by Gasteiger charge is -2.38. The number of benzene rings is 2. The molecule has 0 saturated carbocycles. The summed E-state index contributed by atoms with van der Waals surface area (Å²) in [6.07, 6.45) is 0.280. The summed E-state index contributed by atoms with van der Waals surface area (Å²) in [5, 5.41) is 0.733. The molecule has 2 saturated heterocycles. The second-order valence-corrected chi connectivity index (χ2v) is 7.91. The first-order chi connectivity index (χ1) is 13.5. The molecule has 6 heteroatoms. The van der Waals surface area contributed by atoms with Gasteiger partial charge in [0.1, 0.15) is 0 Å². The van der Waals surface area contributed by atoms with E-state index in [0.29, 0.717) is 6.54 Å². The fourth-order valence-electron chi connectivity index (χ4n) is 4.08. The predicted octanol–water partition coefficient (Wildman–Crippen LogP) is 3.10. The van der Waals surface area contributed by atoms with E-state index in [4.69, 9.17) is 11.6 Å². The van der Waals surface area contributed by atoms with E-state index >= 15 is 0 Å². The van der Waals surface area contributed by atoms with Gasteiger partial charge >= 0.3 is 0 Å². The van der Waals surface area contributed by atoms with Crippen LogP contribution in [-0.4, -0.2) is 53.8 Å². The van der Waals surface area contributed by atoms with E-state index in [2.05, 4.69) is 16.7 Å². The molecule has 0 aromatic heterocycles. The summed E-state index contributed by atoms with van der Waals surface area (Å²) in [4.78, 5) is 31.2. The van der Waals surface area contributed by atoms with Crippen molar-refractivity contribution < 1.29 is 9.59 Å². The summed E-state index contributed by atoms with van der Waals surface area (Å²) < 4.78 is 0. The standard InChI is InChI=1S/C22H24ClN3O2/c1-16-7-8-18(23)13-19(16)24-9-11-25(12-10-24)20-14-21(27)26(22(20)28)15-17-5-3-2-4-6-17/h2-8,13,20H,9-12,14-15H2,1H3/t20-/m1/s1. The van der Waals surface area contributed by atoms with E-state index in [-0.39, 0.29) is 24.3 Å². The molecule has 2 aromatic carbocycles. The van der Waals surface area contributed by atoms with Crippen LogP contribution < -0.4 is 4.90 Å². The van der Waals surface area contributed by atoms with Gasteiger partial charge in [-0.2, -0.15) is 0 Å².